The lowest BCUT2D eigenvalue weighted by atomic mass is 10.2. The van der Waals surface area contributed by atoms with E-state index in [4.69, 9.17) is 4.74 Å². The molecule has 0 bridgehead atoms. The molecule has 0 fully saturated rings. The summed E-state index contributed by atoms with van der Waals surface area (Å²) < 4.78 is 19.2. The minimum Gasteiger partial charge on any atom is -0.489 e. The van der Waals surface area contributed by atoms with Gasteiger partial charge in [0.2, 0.25) is 5.91 Å². The van der Waals surface area contributed by atoms with Crippen molar-refractivity contribution in [3.63, 3.8) is 0 Å². The van der Waals surface area contributed by atoms with Gasteiger partial charge >= 0.3 is 0 Å². The van der Waals surface area contributed by atoms with E-state index in [0.717, 1.165) is 16.9 Å². The molecule has 1 amide bonds. The Balaban J connectivity index is 1.54. The highest BCUT2D eigenvalue weighted by atomic mass is 19.1. The van der Waals surface area contributed by atoms with E-state index in [0.29, 0.717) is 6.61 Å². The number of rotatable bonds is 6. The Morgan fingerprint density at radius 1 is 0.923 bits per heavy atom. The second-order valence-electron chi connectivity index (χ2n) is 5.65. The van der Waals surface area contributed by atoms with E-state index >= 15 is 0 Å². The van der Waals surface area contributed by atoms with Crippen LogP contribution < -0.4 is 10.1 Å². The first kappa shape index (κ1) is 17.4. The van der Waals surface area contributed by atoms with Gasteiger partial charge in [-0.3, -0.25) is 4.79 Å². The Hall–Kier alpha value is -3.40. The van der Waals surface area contributed by atoms with Gasteiger partial charge in [0.1, 0.15) is 18.2 Å². The molecule has 0 heterocycles. The first-order valence-electron chi connectivity index (χ1n) is 8.21. The molecule has 4 heteroatoms. The van der Waals surface area contributed by atoms with Crippen LogP contribution in [0.1, 0.15) is 11.1 Å². The Labute approximate surface area is 151 Å². The van der Waals surface area contributed by atoms with E-state index in [9.17, 15) is 9.18 Å². The van der Waals surface area contributed by atoms with Crippen LogP contribution in [0.2, 0.25) is 0 Å². The van der Waals surface area contributed by atoms with E-state index in [1.807, 2.05) is 54.6 Å². The van der Waals surface area contributed by atoms with Crippen LogP contribution >= 0.6 is 0 Å². The van der Waals surface area contributed by atoms with Crippen molar-refractivity contribution in [3.8, 4) is 5.75 Å². The average Bonchev–Trinajstić information content (AvgIpc) is 2.68. The highest BCUT2D eigenvalue weighted by Crippen LogP contribution is 2.16. The van der Waals surface area contributed by atoms with Crippen LogP contribution in [-0.2, 0) is 11.4 Å². The van der Waals surface area contributed by atoms with Crippen molar-refractivity contribution in [2.24, 2.45) is 0 Å². The predicted molar refractivity (Wildman–Crippen MR) is 101 cm³/mol. The van der Waals surface area contributed by atoms with Gasteiger partial charge in [0.15, 0.2) is 0 Å². The fourth-order valence-electron chi connectivity index (χ4n) is 2.32. The molecule has 0 atom stereocenters. The molecule has 0 aliphatic heterocycles. The molecular weight excluding hydrogens is 329 g/mol. The number of anilines is 1. The third kappa shape index (κ3) is 5.05. The van der Waals surface area contributed by atoms with Crippen LogP contribution in [0.5, 0.6) is 5.75 Å². The zero-order chi connectivity index (χ0) is 18.2. The number of para-hydroxylation sites is 1. The zero-order valence-electron chi connectivity index (χ0n) is 14.1. The number of nitrogens with one attached hydrogen (secondary N) is 1. The van der Waals surface area contributed by atoms with Crippen molar-refractivity contribution < 1.29 is 13.9 Å². The number of hydrogen-bond acceptors (Lipinski definition) is 2. The van der Waals surface area contributed by atoms with Crippen LogP contribution in [0.3, 0.4) is 0 Å². The third-order valence-corrected chi connectivity index (χ3v) is 3.69. The van der Waals surface area contributed by atoms with E-state index in [1.165, 1.54) is 18.2 Å². The van der Waals surface area contributed by atoms with Gasteiger partial charge in [-0.25, -0.2) is 4.39 Å². The maximum atomic E-state index is 13.5. The predicted octanol–water partition coefficient (Wildman–Crippen LogP) is 5.06. The van der Waals surface area contributed by atoms with Gasteiger partial charge in [0.05, 0.1) is 5.69 Å². The molecule has 3 rings (SSSR count). The summed E-state index contributed by atoms with van der Waals surface area (Å²) in [5.41, 5.74) is 2.11. The summed E-state index contributed by atoms with van der Waals surface area (Å²) in [4.78, 5) is 11.9. The fraction of sp³-hybridized carbons (Fsp3) is 0.0455. The normalized spacial score (nSPS) is 10.7. The summed E-state index contributed by atoms with van der Waals surface area (Å²) in [5.74, 6) is -0.101. The molecule has 0 saturated heterocycles. The Morgan fingerprint density at radius 3 is 2.35 bits per heavy atom. The Morgan fingerprint density at radius 2 is 1.62 bits per heavy atom. The van der Waals surface area contributed by atoms with Crippen LogP contribution in [0.15, 0.2) is 84.9 Å². The first-order chi connectivity index (χ1) is 12.7. The number of amides is 1. The van der Waals surface area contributed by atoms with Crippen molar-refractivity contribution in [2.75, 3.05) is 5.32 Å². The van der Waals surface area contributed by atoms with Gasteiger partial charge in [-0.2, -0.15) is 0 Å². The molecule has 3 aromatic carbocycles. The third-order valence-electron chi connectivity index (χ3n) is 3.69. The quantitative estimate of drug-likeness (QED) is 0.633. The zero-order valence-corrected chi connectivity index (χ0v) is 14.1. The Kier molecular flexibility index (Phi) is 5.78. The number of hydrogen-bond donors (Lipinski definition) is 1. The van der Waals surface area contributed by atoms with Crippen LogP contribution in [0.25, 0.3) is 6.08 Å². The highest BCUT2D eigenvalue weighted by molar-refractivity contribution is 6.01. The van der Waals surface area contributed by atoms with E-state index in [-0.39, 0.29) is 11.6 Å². The molecule has 3 nitrogen and oxygen atoms in total. The monoisotopic (exact) mass is 347 g/mol. The second-order valence-corrected chi connectivity index (χ2v) is 5.65. The lowest BCUT2D eigenvalue weighted by Crippen LogP contribution is -2.08. The number of ether oxygens (including phenoxy) is 1. The van der Waals surface area contributed by atoms with Crippen molar-refractivity contribution in [1.29, 1.82) is 0 Å². The van der Waals surface area contributed by atoms with Crippen molar-refractivity contribution in [2.45, 2.75) is 6.61 Å². The smallest absolute Gasteiger partial charge is 0.248 e. The van der Waals surface area contributed by atoms with E-state index in [1.54, 1.807) is 18.2 Å². The van der Waals surface area contributed by atoms with Gasteiger partial charge in [-0.15, -0.1) is 0 Å². The lowest BCUT2D eigenvalue weighted by Gasteiger charge is -2.06. The van der Waals surface area contributed by atoms with Gasteiger partial charge in [-0.05, 0) is 41.5 Å². The molecule has 26 heavy (non-hydrogen) atoms. The fourth-order valence-corrected chi connectivity index (χ4v) is 2.32. The minimum atomic E-state index is -0.464. The molecule has 0 radical (unpaired) electrons. The van der Waals surface area contributed by atoms with Gasteiger partial charge in [0.25, 0.3) is 0 Å². The van der Waals surface area contributed by atoms with Crippen LogP contribution in [0, 0.1) is 5.82 Å². The average molecular weight is 347 g/mol. The minimum absolute atomic E-state index is 0.159. The molecule has 130 valence electrons. The molecule has 0 aliphatic rings. The standard InChI is InChI=1S/C22H18FNO2/c23-20-8-4-5-9-21(20)24-22(25)15-12-17-10-13-19(14-11-17)26-16-18-6-2-1-3-7-18/h1-15H,16H2,(H,24,25). The van der Waals surface area contributed by atoms with Crippen molar-refractivity contribution >= 4 is 17.7 Å². The van der Waals surface area contributed by atoms with Crippen molar-refractivity contribution in [1.82, 2.24) is 0 Å². The van der Waals surface area contributed by atoms with Crippen molar-refractivity contribution in [3.05, 3.63) is 102 Å². The number of benzene rings is 3. The summed E-state index contributed by atoms with van der Waals surface area (Å²) in [6, 6.07) is 23.4. The molecule has 0 aliphatic carbocycles. The van der Waals surface area contributed by atoms with Crippen LogP contribution in [0.4, 0.5) is 10.1 Å². The summed E-state index contributed by atoms with van der Waals surface area (Å²) in [5, 5.41) is 2.50. The summed E-state index contributed by atoms with van der Waals surface area (Å²) in [6.45, 7) is 0.501. The Bertz CT molecular complexity index is 890. The second kappa shape index (κ2) is 8.62. The highest BCUT2D eigenvalue weighted by Gasteiger charge is 2.03. The molecule has 0 aromatic heterocycles. The molecule has 3 aromatic rings. The van der Waals surface area contributed by atoms with E-state index < -0.39 is 5.82 Å². The van der Waals surface area contributed by atoms with Gasteiger partial charge in [-0.1, -0.05) is 54.6 Å². The lowest BCUT2D eigenvalue weighted by molar-refractivity contribution is -0.111. The molecule has 0 saturated carbocycles. The summed E-state index contributed by atoms with van der Waals surface area (Å²) in [7, 11) is 0. The van der Waals surface area contributed by atoms with Gasteiger partial charge < -0.3 is 10.1 Å². The maximum absolute atomic E-state index is 13.5. The molecule has 0 unspecified atom stereocenters. The molecular formula is C22H18FNO2. The number of carbonyl (C=O) groups is 1. The molecule has 0 spiro atoms. The SMILES string of the molecule is O=C(C=Cc1ccc(OCc2ccccc2)cc1)Nc1ccccc1F. The molecule has 1 N–H and O–H groups in total. The van der Waals surface area contributed by atoms with E-state index in [2.05, 4.69) is 5.32 Å². The summed E-state index contributed by atoms with van der Waals surface area (Å²) >= 11 is 0. The first-order valence-corrected chi connectivity index (χ1v) is 8.21. The summed E-state index contributed by atoms with van der Waals surface area (Å²) in [6.07, 6.45) is 3.03. The van der Waals surface area contributed by atoms with Crippen LogP contribution in [-0.4, -0.2) is 5.91 Å². The number of carbonyl (C=O) groups excluding carboxylic acids is 1. The van der Waals surface area contributed by atoms with Gasteiger partial charge in [0, 0.05) is 6.08 Å². The maximum Gasteiger partial charge on any atom is 0.248 e. The largest absolute Gasteiger partial charge is 0.489 e. The number of halogens is 1. The topological polar surface area (TPSA) is 38.3 Å².